The molecule has 0 saturated heterocycles. The van der Waals surface area contributed by atoms with Crippen LogP contribution in [-0.2, 0) is 10.0 Å². The Morgan fingerprint density at radius 1 is 1.00 bits per heavy atom. The molecule has 23 heavy (non-hydrogen) atoms. The first-order valence-corrected chi connectivity index (χ1v) is 9.02. The number of nitrogens with two attached hydrogens (primary N) is 1. The number of aryl methyl sites for hydroxylation is 1. The second-order valence-electron chi connectivity index (χ2n) is 5.84. The van der Waals surface area contributed by atoms with E-state index in [0.29, 0.717) is 0 Å². The number of allylic oxidation sites excluding steroid dienone is 2. The third-order valence-electron chi connectivity index (χ3n) is 4.26. The molecule has 0 bridgehead atoms. The minimum atomic E-state index is -3.68. The standard InChI is InChI=1S/C18H18FNO2S/c1-12-11-14(19)7-10-16(12)18-4-2-3-17(18)13-5-8-15(9-6-13)23(20,21)22/h5-11H,2-4H2,1H3,(H2,20,21,22). The van der Waals surface area contributed by atoms with Crippen LogP contribution in [0, 0.1) is 12.7 Å². The predicted octanol–water partition coefficient (Wildman–Crippen LogP) is 3.88. The molecule has 3 rings (SSSR count). The van der Waals surface area contributed by atoms with Gasteiger partial charge in [-0.15, -0.1) is 0 Å². The molecule has 120 valence electrons. The minimum Gasteiger partial charge on any atom is -0.225 e. The van der Waals surface area contributed by atoms with Crippen molar-refractivity contribution in [1.29, 1.82) is 0 Å². The van der Waals surface area contributed by atoms with Crippen molar-refractivity contribution in [3.05, 3.63) is 65.0 Å². The van der Waals surface area contributed by atoms with E-state index >= 15 is 0 Å². The fourth-order valence-corrected chi connectivity index (χ4v) is 3.69. The van der Waals surface area contributed by atoms with E-state index in [4.69, 9.17) is 5.14 Å². The molecular weight excluding hydrogens is 313 g/mol. The minimum absolute atomic E-state index is 0.111. The number of hydrogen-bond donors (Lipinski definition) is 1. The van der Waals surface area contributed by atoms with Crippen molar-refractivity contribution in [2.75, 3.05) is 0 Å². The van der Waals surface area contributed by atoms with Gasteiger partial charge in [0, 0.05) is 0 Å². The molecule has 0 spiro atoms. The average molecular weight is 331 g/mol. The smallest absolute Gasteiger partial charge is 0.225 e. The summed E-state index contributed by atoms with van der Waals surface area (Å²) < 4.78 is 36.0. The van der Waals surface area contributed by atoms with Crippen molar-refractivity contribution in [2.24, 2.45) is 5.14 Å². The second-order valence-corrected chi connectivity index (χ2v) is 7.40. The Morgan fingerprint density at radius 2 is 1.65 bits per heavy atom. The van der Waals surface area contributed by atoms with Crippen molar-refractivity contribution >= 4 is 21.2 Å². The molecule has 0 aromatic heterocycles. The molecule has 0 amide bonds. The summed E-state index contributed by atoms with van der Waals surface area (Å²) in [4.78, 5) is 0.111. The molecule has 2 aromatic carbocycles. The average Bonchev–Trinajstić information content (AvgIpc) is 2.95. The van der Waals surface area contributed by atoms with E-state index in [0.717, 1.165) is 36.0 Å². The normalized spacial score (nSPS) is 15.3. The third kappa shape index (κ3) is 3.21. The number of hydrogen-bond acceptors (Lipinski definition) is 2. The van der Waals surface area contributed by atoms with Crippen LogP contribution in [0.5, 0.6) is 0 Å². The van der Waals surface area contributed by atoms with E-state index in [1.54, 1.807) is 18.2 Å². The summed E-state index contributed by atoms with van der Waals surface area (Å²) in [6, 6.07) is 11.5. The van der Waals surface area contributed by atoms with Crippen LogP contribution < -0.4 is 5.14 Å². The fraction of sp³-hybridized carbons (Fsp3) is 0.222. The Morgan fingerprint density at radius 3 is 2.26 bits per heavy atom. The van der Waals surface area contributed by atoms with E-state index in [-0.39, 0.29) is 10.7 Å². The molecule has 1 aliphatic carbocycles. The number of halogens is 1. The van der Waals surface area contributed by atoms with E-state index < -0.39 is 10.0 Å². The number of primary sulfonamides is 1. The van der Waals surface area contributed by atoms with Gasteiger partial charge in [0.15, 0.2) is 0 Å². The lowest BCUT2D eigenvalue weighted by Gasteiger charge is -2.11. The Bertz CT molecular complexity index is 884. The van der Waals surface area contributed by atoms with Gasteiger partial charge < -0.3 is 0 Å². The van der Waals surface area contributed by atoms with Gasteiger partial charge in [0.05, 0.1) is 4.90 Å². The van der Waals surface area contributed by atoms with Gasteiger partial charge in [0.25, 0.3) is 0 Å². The summed E-state index contributed by atoms with van der Waals surface area (Å²) >= 11 is 0. The van der Waals surface area contributed by atoms with Crippen LogP contribution in [-0.4, -0.2) is 8.42 Å². The molecule has 3 nitrogen and oxygen atoms in total. The SMILES string of the molecule is Cc1cc(F)ccc1C1=C(c2ccc(S(N)(=O)=O)cc2)CCC1. The Kier molecular flexibility index (Phi) is 4.08. The zero-order valence-corrected chi connectivity index (χ0v) is 13.7. The number of rotatable bonds is 3. The van der Waals surface area contributed by atoms with Gasteiger partial charge in [0.1, 0.15) is 5.82 Å². The third-order valence-corrected chi connectivity index (χ3v) is 5.19. The van der Waals surface area contributed by atoms with Crippen LogP contribution >= 0.6 is 0 Å². The molecule has 0 aliphatic heterocycles. The van der Waals surface area contributed by atoms with Gasteiger partial charge >= 0.3 is 0 Å². The van der Waals surface area contributed by atoms with Crippen LogP contribution in [0.4, 0.5) is 4.39 Å². The quantitative estimate of drug-likeness (QED) is 0.928. The van der Waals surface area contributed by atoms with Gasteiger partial charge in [-0.05, 0) is 78.3 Å². The maximum atomic E-state index is 13.3. The van der Waals surface area contributed by atoms with Crippen LogP contribution in [0.15, 0.2) is 47.4 Å². The summed E-state index contributed by atoms with van der Waals surface area (Å²) in [6.45, 7) is 1.91. The molecule has 2 N–H and O–H groups in total. The van der Waals surface area contributed by atoms with Crippen molar-refractivity contribution < 1.29 is 12.8 Å². The maximum absolute atomic E-state index is 13.3. The molecule has 2 aromatic rings. The van der Waals surface area contributed by atoms with E-state index in [1.807, 2.05) is 13.0 Å². The zero-order chi connectivity index (χ0) is 16.6. The molecule has 0 fully saturated rings. The molecule has 0 saturated carbocycles. The summed E-state index contributed by atoms with van der Waals surface area (Å²) in [5, 5.41) is 5.14. The van der Waals surface area contributed by atoms with Crippen LogP contribution in [0.2, 0.25) is 0 Å². The molecule has 0 unspecified atom stereocenters. The van der Waals surface area contributed by atoms with E-state index in [9.17, 15) is 12.8 Å². The van der Waals surface area contributed by atoms with Gasteiger partial charge in [-0.25, -0.2) is 17.9 Å². The van der Waals surface area contributed by atoms with E-state index in [1.165, 1.54) is 29.3 Å². The molecule has 0 heterocycles. The molecule has 5 heteroatoms. The van der Waals surface area contributed by atoms with Gasteiger partial charge in [-0.1, -0.05) is 18.2 Å². The van der Waals surface area contributed by atoms with Crippen molar-refractivity contribution in [3.8, 4) is 0 Å². The Balaban J connectivity index is 2.06. The monoisotopic (exact) mass is 331 g/mol. The van der Waals surface area contributed by atoms with Crippen molar-refractivity contribution in [1.82, 2.24) is 0 Å². The molecule has 0 atom stereocenters. The summed E-state index contributed by atoms with van der Waals surface area (Å²) in [7, 11) is -3.68. The first-order valence-electron chi connectivity index (χ1n) is 7.48. The predicted molar refractivity (Wildman–Crippen MR) is 89.6 cm³/mol. The highest BCUT2D eigenvalue weighted by Crippen LogP contribution is 2.40. The number of benzene rings is 2. The zero-order valence-electron chi connectivity index (χ0n) is 12.8. The van der Waals surface area contributed by atoms with Crippen LogP contribution in [0.3, 0.4) is 0 Å². The topological polar surface area (TPSA) is 60.2 Å². The first kappa shape index (κ1) is 15.9. The van der Waals surface area contributed by atoms with Gasteiger partial charge in [-0.2, -0.15) is 0 Å². The maximum Gasteiger partial charge on any atom is 0.238 e. The highest BCUT2D eigenvalue weighted by atomic mass is 32.2. The molecule has 0 radical (unpaired) electrons. The lowest BCUT2D eigenvalue weighted by atomic mass is 9.94. The molecule has 1 aliphatic rings. The van der Waals surface area contributed by atoms with Crippen molar-refractivity contribution in [2.45, 2.75) is 31.1 Å². The number of sulfonamides is 1. The Hall–Kier alpha value is -1.98. The van der Waals surface area contributed by atoms with Gasteiger partial charge in [-0.3, -0.25) is 0 Å². The summed E-state index contributed by atoms with van der Waals surface area (Å²) in [5.41, 5.74) is 5.38. The van der Waals surface area contributed by atoms with Crippen molar-refractivity contribution in [3.63, 3.8) is 0 Å². The summed E-state index contributed by atoms with van der Waals surface area (Å²) in [5.74, 6) is -0.232. The summed E-state index contributed by atoms with van der Waals surface area (Å²) in [6.07, 6.45) is 2.91. The highest BCUT2D eigenvalue weighted by Gasteiger charge is 2.19. The lowest BCUT2D eigenvalue weighted by Crippen LogP contribution is -2.11. The second kappa shape index (κ2) is 5.91. The lowest BCUT2D eigenvalue weighted by molar-refractivity contribution is 0.598. The molecular formula is C18H18FNO2S. The fourth-order valence-electron chi connectivity index (χ4n) is 3.17. The van der Waals surface area contributed by atoms with Gasteiger partial charge in [0.2, 0.25) is 10.0 Å². The largest absolute Gasteiger partial charge is 0.238 e. The highest BCUT2D eigenvalue weighted by molar-refractivity contribution is 7.89. The first-order chi connectivity index (χ1) is 10.9. The van der Waals surface area contributed by atoms with Crippen LogP contribution in [0.25, 0.3) is 11.1 Å². The van der Waals surface area contributed by atoms with Crippen LogP contribution in [0.1, 0.15) is 36.0 Å². The van der Waals surface area contributed by atoms with E-state index in [2.05, 4.69) is 0 Å². The Labute approximate surface area is 135 Å².